The molecule has 0 aromatic carbocycles. The molecule has 0 atom stereocenters. The van der Waals surface area contributed by atoms with Crippen LogP contribution in [0, 0.1) is 5.92 Å². The smallest absolute Gasteiger partial charge is 0.267 e. The van der Waals surface area contributed by atoms with Crippen LogP contribution in [0.1, 0.15) is 31.5 Å². The first-order valence-electron chi connectivity index (χ1n) is 7.13. The highest BCUT2D eigenvalue weighted by atomic mass is 16.2. The van der Waals surface area contributed by atoms with E-state index in [4.69, 9.17) is 0 Å². The third kappa shape index (κ3) is 3.90. The van der Waals surface area contributed by atoms with Gasteiger partial charge in [-0.15, -0.1) is 0 Å². The van der Waals surface area contributed by atoms with Gasteiger partial charge in [-0.25, -0.2) is 4.68 Å². The van der Waals surface area contributed by atoms with Crippen LogP contribution in [0.4, 0.5) is 0 Å². The van der Waals surface area contributed by atoms with Gasteiger partial charge in [-0.2, -0.15) is 5.10 Å². The lowest BCUT2D eigenvalue weighted by atomic mass is 10.1. The summed E-state index contributed by atoms with van der Waals surface area (Å²) in [6, 6.07) is 1.58. The molecule has 6 heteroatoms. The van der Waals surface area contributed by atoms with E-state index in [1.54, 1.807) is 6.07 Å². The van der Waals surface area contributed by atoms with Crippen LogP contribution in [0.2, 0.25) is 0 Å². The summed E-state index contributed by atoms with van der Waals surface area (Å²) in [6.45, 7) is 6.39. The molecule has 2 heterocycles. The molecule has 0 bridgehead atoms. The maximum absolute atomic E-state index is 11.9. The second-order valence-electron chi connectivity index (χ2n) is 5.57. The van der Waals surface area contributed by atoms with E-state index in [9.17, 15) is 9.59 Å². The predicted molar refractivity (Wildman–Crippen MR) is 76.4 cm³/mol. The maximum atomic E-state index is 11.9. The van der Waals surface area contributed by atoms with Gasteiger partial charge in [0.25, 0.3) is 5.56 Å². The lowest BCUT2D eigenvalue weighted by Gasteiger charge is -2.17. The summed E-state index contributed by atoms with van der Waals surface area (Å²) >= 11 is 0. The van der Waals surface area contributed by atoms with Gasteiger partial charge in [-0.05, 0) is 17.9 Å². The first kappa shape index (κ1) is 14.7. The minimum absolute atomic E-state index is 0.00234. The monoisotopic (exact) mass is 278 g/mol. The lowest BCUT2D eigenvalue weighted by molar-refractivity contribution is -0.121. The van der Waals surface area contributed by atoms with Gasteiger partial charge in [0.05, 0.1) is 5.69 Å². The average Bonchev–Trinajstić information content (AvgIpc) is 2.39. The molecule has 0 saturated heterocycles. The number of nitrogens with one attached hydrogen (secondary N) is 2. The average molecular weight is 278 g/mol. The zero-order valence-electron chi connectivity index (χ0n) is 12.1. The number of carbonyl (C=O) groups excluding carboxylic acids is 1. The fourth-order valence-electron chi connectivity index (χ4n) is 2.17. The highest BCUT2D eigenvalue weighted by molar-refractivity contribution is 5.75. The predicted octanol–water partition coefficient (Wildman–Crippen LogP) is 0.0513. The number of aromatic nitrogens is 2. The van der Waals surface area contributed by atoms with Gasteiger partial charge in [0.2, 0.25) is 5.91 Å². The number of nitrogens with zero attached hydrogens (tertiary/aromatic N) is 2. The van der Waals surface area contributed by atoms with Crippen molar-refractivity contribution in [2.45, 2.75) is 39.8 Å². The van der Waals surface area contributed by atoms with Crippen LogP contribution >= 0.6 is 0 Å². The van der Waals surface area contributed by atoms with E-state index in [1.165, 1.54) is 4.68 Å². The van der Waals surface area contributed by atoms with Crippen LogP contribution in [-0.2, 0) is 24.3 Å². The van der Waals surface area contributed by atoms with Crippen molar-refractivity contribution >= 4 is 5.91 Å². The minimum atomic E-state index is -0.216. The van der Waals surface area contributed by atoms with Gasteiger partial charge in [0.1, 0.15) is 6.54 Å². The molecule has 0 spiro atoms. The van der Waals surface area contributed by atoms with E-state index >= 15 is 0 Å². The van der Waals surface area contributed by atoms with Crippen molar-refractivity contribution in [2.75, 3.05) is 13.1 Å². The molecule has 110 valence electrons. The summed E-state index contributed by atoms with van der Waals surface area (Å²) in [6.07, 6.45) is 1.73. The quantitative estimate of drug-likeness (QED) is 0.798. The molecule has 0 unspecified atom stereocenters. The van der Waals surface area contributed by atoms with Gasteiger partial charge in [0.15, 0.2) is 0 Å². The normalized spacial score (nSPS) is 14.2. The van der Waals surface area contributed by atoms with Crippen molar-refractivity contribution < 1.29 is 4.79 Å². The Bertz CT molecular complexity index is 536. The van der Waals surface area contributed by atoms with Crippen molar-refractivity contribution in [3.63, 3.8) is 0 Å². The lowest BCUT2D eigenvalue weighted by Crippen LogP contribution is -2.36. The number of hydrogen-bond acceptors (Lipinski definition) is 4. The molecule has 20 heavy (non-hydrogen) atoms. The highest BCUT2D eigenvalue weighted by Crippen LogP contribution is 2.07. The zero-order valence-corrected chi connectivity index (χ0v) is 12.1. The molecule has 0 radical (unpaired) electrons. The Kier molecular flexibility index (Phi) is 4.89. The zero-order chi connectivity index (χ0) is 14.5. The molecule has 2 rings (SSSR count). The summed E-state index contributed by atoms with van der Waals surface area (Å²) in [7, 11) is 0. The molecule has 2 N–H and O–H groups in total. The van der Waals surface area contributed by atoms with Crippen molar-refractivity contribution in [3.05, 3.63) is 27.7 Å². The van der Waals surface area contributed by atoms with Crippen molar-refractivity contribution in [1.82, 2.24) is 20.4 Å². The number of fused-ring (bicyclic) bond motifs is 1. The van der Waals surface area contributed by atoms with E-state index < -0.39 is 0 Å². The second kappa shape index (κ2) is 6.65. The van der Waals surface area contributed by atoms with Crippen molar-refractivity contribution in [2.24, 2.45) is 5.92 Å². The van der Waals surface area contributed by atoms with E-state index in [0.29, 0.717) is 19.0 Å². The van der Waals surface area contributed by atoms with E-state index in [-0.39, 0.29) is 18.0 Å². The molecule has 6 nitrogen and oxygen atoms in total. The molecular formula is C14H22N4O2. The fourth-order valence-corrected chi connectivity index (χ4v) is 2.17. The Balaban J connectivity index is 1.98. The number of rotatable bonds is 5. The molecular weight excluding hydrogens is 256 g/mol. The van der Waals surface area contributed by atoms with Crippen LogP contribution in [0.15, 0.2) is 10.9 Å². The summed E-state index contributed by atoms with van der Waals surface area (Å²) < 4.78 is 1.26. The van der Waals surface area contributed by atoms with Crippen molar-refractivity contribution in [3.8, 4) is 0 Å². The second-order valence-corrected chi connectivity index (χ2v) is 5.57. The van der Waals surface area contributed by atoms with Gasteiger partial charge >= 0.3 is 0 Å². The summed E-state index contributed by atoms with van der Waals surface area (Å²) in [4.78, 5) is 23.7. The minimum Gasteiger partial charge on any atom is -0.354 e. The first-order valence-corrected chi connectivity index (χ1v) is 7.13. The van der Waals surface area contributed by atoms with Crippen LogP contribution < -0.4 is 16.2 Å². The molecule has 1 aliphatic rings. The Morgan fingerprint density at radius 2 is 2.35 bits per heavy atom. The van der Waals surface area contributed by atoms with Crippen LogP contribution in [0.3, 0.4) is 0 Å². The molecule has 0 aliphatic carbocycles. The van der Waals surface area contributed by atoms with Crippen LogP contribution in [0.5, 0.6) is 0 Å². The van der Waals surface area contributed by atoms with E-state index in [0.717, 1.165) is 30.6 Å². The van der Waals surface area contributed by atoms with Crippen molar-refractivity contribution in [1.29, 1.82) is 0 Å². The SMILES string of the molecule is CC(C)CCNC(=O)Cn1nc2c(cc1=O)CNCC2. The molecule has 1 aromatic rings. The standard InChI is InChI=1S/C14H22N4O2/c1-10(2)3-6-16-13(19)9-18-14(20)7-11-8-15-5-4-12(11)17-18/h7,10,15H,3-6,8-9H2,1-2H3,(H,16,19). The summed E-state index contributed by atoms with van der Waals surface area (Å²) in [5.41, 5.74) is 1.64. The maximum Gasteiger partial charge on any atom is 0.267 e. The van der Waals surface area contributed by atoms with Crippen LogP contribution in [-0.4, -0.2) is 28.8 Å². The summed E-state index contributed by atoms with van der Waals surface area (Å²) in [5, 5.41) is 10.3. The molecule has 1 amide bonds. The number of amides is 1. The molecule has 0 saturated carbocycles. The Morgan fingerprint density at radius 1 is 1.55 bits per heavy atom. The Labute approximate surface area is 118 Å². The van der Waals surface area contributed by atoms with E-state index in [2.05, 4.69) is 29.6 Å². The van der Waals surface area contributed by atoms with Crippen LogP contribution in [0.25, 0.3) is 0 Å². The molecule has 0 fully saturated rings. The highest BCUT2D eigenvalue weighted by Gasteiger charge is 2.14. The number of carbonyl (C=O) groups is 1. The molecule has 1 aliphatic heterocycles. The van der Waals surface area contributed by atoms with Gasteiger partial charge in [-0.1, -0.05) is 13.8 Å². The summed E-state index contributed by atoms with van der Waals surface area (Å²) in [5.74, 6) is 0.390. The Hall–Kier alpha value is -1.69. The first-order chi connectivity index (χ1) is 9.56. The van der Waals surface area contributed by atoms with E-state index in [1.807, 2.05) is 0 Å². The van der Waals surface area contributed by atoms with Gasteiger partial charge < -0.3 is 10.6 Å². The third-order valence-electron chi connectivity index (χ3n) is 3.36. The van der Waals surface area contributed by atoms with Gasteiger partial charge in [0, 0.05) is 32.1 Å². The Morgan fingerprint density at radius 3 is 3.10 bits per heavy atom. The topological polar surface area (TPSA) is 76.0 Å². The largest absolute Gasteiger partial charge is 0.354 e. The fraction of sp³-hybridized carbons (Fsp3) is 0.643. The number of hydrogen-bond donors (Lipinski definition) is 2. The van der Waals surface area contributed by atoms with Gasteiger partial charge in [-0.3, -0.25) is 9.59 Å². The third-order valence-corrected chi connectivity index (χ3v) is 3.36. The molecule has 1 aromatic heterocycles.